The number of amides is 2. The van der Waals surface area contributed by atoms with E-state index in [9.17, 15) is 14.7 Å². The van der Waals surface area contributed by atoms with Gasteiger partial charge in [-0.2, -0.15) is 0 Å². The Morgan fingerprint density at radius 2 is 1.70 bits per heavy atom. The van der Waals surface area contributed by atoms with Crippen LogP contribution in [0.4, 0.5) is 5.69 Å². The Morgan fingerprint density at radius 3 is 2.39 bits per heavy atom. The molecule has 2 heterocycles. The third-order valence-corrected chi connectivity index (χ3v) is 5.99. The Hall–Kier alpha value is -3.32. The summed E-state index contributed by atoms with van der Waals surface area (Å²) in [5, 5.41) is 9.71. The number of hydrogen-bond acceptors (Lipinski definition) is 6. The minimum Gasteiger partial charge on any atom is -0.494 e. The van der Waals surface area contributed by atoms with Crippen LogP contribution in [0.2, 0.25) is 0 Å². The predicted octanol–water partition coefficient (Wildman–Crippen LogP) is 3.47. The first kappa shape index (κ1) is 22.9. The molecule has 2 amide bonds. The van der Waals surface area contributed by atoms with E-state index in [1.807, 2.05) is 43.0 Å². The molecule has 2 aliphatic heterocycles. The van der Waals surface area contributed by atoms with Crippen molar-refractivity contribution in [2.24, 2.45) is 5.92 Å². The van der Waals surface area contributed by atoms with Gasteiger partial charge in [0, 0.05) is 25.8 Å². The standard InChI is InChI=1S/C26H30N2O5/c1-3-32-21-12-10-19(11-13-21)23-24(27-14-6-7-18(16-27)17-29)26(31)28(25(23)30)20-8-5-9-22(15-20)33-4-2/h5,8-13,15,18,29H,3-4,6-7,14,16-17H2,1-2H3. The van der Waals surface area contributed by atoms with Crippen molar-refractivity contribution in [1.29, 1.82) is 0 Å². The molecule has 0 aromatic heterocycles. The van der Waals surface area contributed by atoms with Crippen LogP contribution in [0, 0.1) is 5.92 Å². The summed E-state index contributed by atoms with van der Waals surface area (Å²) in [7, 11) is 0. The average Bonchev–Trinajstić information content (AvgIpc) is 3.10. The van der Waals surface area contributed by atoms with E-state index in [1.165, 1.54) is 4.90 Å². The third kappa shape index (κ3) is 4.59. The van der Waals surface area contributed by atoms with Gasteiger partial charge in [0.25, 0.3) is 11.8 Å². The maximum absolute atomic E-state index is 13.7. The predicted molar refractivity (Wildman–Crippen MR) is 126 cm³/mol. The summed E-state index contributed by atoms with van der Waals surface area (Å²) in [5.74, 6) is 0.672. The van der Waals surface area contributed by atoms with Gasteiger partial charge in [-0.05, 0) is 62.4 Å². The van der Waals surface area contributed by atoms with Crippen LogP contribution in [0.3, 0.4) is 0 Å². The summed E-state index contributed by atoms with van der Waals surface area (Å²) in [4.78, 5) is 30.6. The molecular weight excluding hydrogens is 420 g/mol. The maximum atomic E-state index is 13.7. The Morgan fingerprint density at radius 1 is 0.970 bits per heavy atom. The number of likely N-dealkylation sites (tertiary alicyclic amines) is 1. The lowest BCUT2D eigenvalue weighted by Gasteiger charge is -2.34. The first-order valence-electron chi connectivity index (χ1n) is 11.5. The number of carbonyl (C=O) groups is 2. The summed E-state index contributed by atoms with van der Waals surface area (Å²) >= 11 is 0. The zero-order valence-corrected chi connectivity index (χ0v) is 19.1. The van der Waals surface area contributed by atoms with Gasteiger partial charge in [-0.1, -0.05) is 18.2 Å². The van der Waals surface area contributed by atoms with Gasteiger partial charge in [0.15, 0.2) is 0 Å². The van der Waals surface area contributed by atoms with Crippen molar-refractivity contribution in [3.63, 3.8) is 0 Å². The molecule has 1 unspecified atom stereocenters. The van der Waals surface area contributed by atoms with Gasteiger partial charge >= 0.3 is 0 Å². The normalized spacial score (nSPS) is 18.8. The smallest absolute Gasteiger partial charge is 0.282 e. The highest BCUT2D eigenvalue weighted by Crippen LogP contribution is 2.37. The van der Waals surface area contributed by atoms with Gasteiger partial charge < -0.3 is 19.5 Å². The highest BCUT2D eigenvalue weighted by Gasteiger charge is 2.43. The summed E-state index contributed by atoms with van der Waals surface area (Å²) in [6.45, 7) is 6.10. The molecule has 1 N–H and O–H groups in total. The number of aliphatic hydroxyl groups excluding tert-OH is 1. The fourth-order valence-electron chi connectivity index (χ4n) is 4.49. The number of nitrogens with zero attached hydrogens (tertiary/aromatic N) is 2. The summed E-state index contributed by atoms with van der Waals surface area (Å²) in [5.41, 5.74) is 1.92. The molecule has 1 saturated heterocycles. The van der Waals surface area contributed by atoms with Crippen LogP contribution in [0.25, 0.3) is 5.57 Å². The number of hydrogen-bond donors (Lipinski definition) is 1. The SMILES string of the molecule is CCOc1ccc(C2=C(N3CCCC(CO)C3)C(=O)N(c3cccc(OCC)c3)C2=O)cc1. The van der Waals surface area contributed by atoms with Crippen molar-refractivity contribution in [3.05, 3.63) is 59.8 Å². The number of piperidine rings is 1. The molecule has 0 saturated carbocycles. The molecule has 0 bridgehead atoms. The molecule has 2 aromatic carbocycles. The summed E-state index contributed by atoms with van der Waals surface area (Å²) in [6.07, 6.45) is 1.76. The van der Waals surface area contributed by atoms with E-state index in [4.69, 9.17) is 9.47 Å². The van der Waals surface area contributed by atoms with E-state index in [-0.39, 0.29) is 24.3 Å². The molecule has 1 atom stereocenters. The molecular formula is C26H30N2O5. The molecule has 2 aromatic rings. The zero-order chi connectivity index (χ0) is 23.4. The molecule has 7 heteroatoms. The molecule has 7 nitrogen and oxygen atoms in total. The topological polar surface area (TPSA) is 79.3 Å². The number of benzene rings is 2. The molecule has 0 radical (unpaired) electrons. The van der Waals surface area contributed by atoms with Crippen molar-refractivity contribution in [2.45, 2.75) is 26.7 Å². The molecule has 4 rings (SSSR count). The summed E-state index contributed by atoms with van der Waals surface area (Å²) < 4.78 is 11.1. The second-order valence-electron chi connectivity index (χ2n) is 8.19. The van der Waals surface area contributed by atoms with E-state index in [1.54, 1.807) is 24.3 Å². The van der Waals surface area contributed by atoms with Crippen molar-refractivity contribution in [1.82, 2.24) is 4.90 Å². The third-order valence-electron chi connectivity index (χ3n) is 5.99. The van der Waals surface area contributed by atoms with Gasteiger partial charge in [0.2, 0.25) is 0 Å². The van der Waals surface area contributed by atoms with Crippen LogP contribution < -0.4 is 14.4 Å². The Labute approximate surface area is 194 Å². The molecule has 33 heavy (non-hydrogen) atoms. The number of rotatable bonds is 8. The fourth-order valence-corrected chi connectivity index (χ4v) is 4.49. The molecule has 1 fully saturated rings. The lowest BCUT2D eigenvalue weighted by Crippen LogP contribution is -2.40. The monoisotopic (exact) mass is 450 g/mol. The largest absolute Gasteiger partial charge is 0.494 e. The van der Waals surface area contributed by atoms with E-state index in [2.05, 4.69) is 0 Å². The van der Waals surface area contributed by atoms with E-state index < -0.39 is 0 Å². The van der Waals surface area contributed by atoms with Crippen LogP contribution in [-0.4, -0.2) is 54.7 Å². The van der Waals surface area contributed by atoms with Crippen LogP contribution in [0.15, 0.2) is 54.2 Å². The number of imide groups is 1. The lowest BCUT2D eigenvalue weighted by atomic mass is 9.97. The highest BCUT2D eigenvalue weighted by atomic mass is 16.5. The van der Waals surface area contributed by atoms with Gasteiger partial charge in [0.05, 0.1) is 24.5 Å². The van der Waals surface area contributed by atoms with Gasteiger partial charge in [-0.25, -0.2) is 4.90 Å². The number of ether oxygens (including phenoxy) is 2. The number of aliphatic hydroxyl groups is 1. The molecule has 174 valence electrons. The van der Waals surface area contributed by atoms with Crippen molar-refractivity contribution in [3.8, 4) is 11.5 Å². The Balaban J connectivity index is 1.77. The first-order chi connectivity index (χ1) is 16.1. The lowest BCUT2D eigenvalue weighted by molar-refractivity contribution is -0.120. The summed E-state index contributed by atoms with van der Waals surface area (Å²) in [6, 6.07) is 14.3. The molecule has 2 aliphatic rings. The second kappa shape index (κ2) is 10.1. The maximum Gasteiger partial charge on any atom is 0.282 e. The highest BCUT2D eigenvalue weighted by molar-refractivity contribution is 6.45. The van der Waals surface area contributed by atoms with E-state index >= 15 is 0 Å². The second-order valence-corrected chi connectivity index (χ2v) is 8.19. The quantitative estimate of drug-likeness (QED) is 0.621. The van der Waals surface area contributed by atoms with Crippen LogP contribution in [0.5, 0.6) is 11.5 Å². The fraction of sp³-hybridized carbons (Fsp3) is 0.385. The molecule has 0 spiro atoms. The van der Waals surface area contributed by atoms with Crippen LogP contribution in [-0.2, 0) is 9.59 Å². The van der Waals surface area contributed by atoms with Crippen molar-refractivity contribution < 1.29 is 24.2 Å². The van der Waals surface area contributed by atoms with Crippen molar-refractivity contribution >= 4 is 23.1 Å². The number of anilines is 1. The van der Waals surface area contributed by atoms with E-state index in [0.29, 0.717) is 60.3 Å². The van der Waals surface area contributed by atoms with Crippen LogP contribution >= 0.6 is 0 Å². The van der Waals surface area contributed by atoms with Crippen LogP contribution in [0.1, 0.15) is 32.3 Å². The van der Waals surface area contributed by atoms with Gasteiger partial charge in [-0.3, -0.25) is 9.59 Å². The molecule has 0 aliphatic carbocycles. The minimum absolute atomic E-state index is 0.0599. The van der Waals surface area contributed by atoms with Gasteiger partial charge in [0.1, 0.15) is 17.2 Å². The zero-order valence-electron chi connectivity index (χ0n) is 19.1. The Kier molecular flexibility index (Phi) is 6.99. The van der Waals surface area contributed by atoms with E-state index in [0.717, 1.165) is 12.8 Å². The van der Waals surface area contributed by atoms with Gasteiger partial charge in [-0.15, -0.1) is 0 Å². The number of carbonyl (C=O) groups excluding carboxylic acids is 2. The average molecular weight is 451 g/mol. The first-order valence-corrected chi connectivity index (χ1v) is 11.5. The van der Waals surface area contributed by atoms with Crippen molar-refractivity contribution in [2.75, 3.05) is 37.8 Å². The Bertz CT molecular complexity index is 1050. The minimum atomic E-state index is -0.362.